The van der Waals surface area contributed by atoms with E-state index in [1.54, 1.807) is 18.3 Å². The van der Waals surface area contributed by atoms with Crippen molar-refractivity contribution >= 4 is 38.9 Å². The minimum atomic E-state index is -3.42. The van der Waals surface area contributed by atoms with Crippen LogP contribution < -0.4 is 9.62 Å². The average molecular weight is 340 g/mol. The molecule has 0 spiro atoms. The highest BCUT2D eigenvalue weighted by atomic mass is 35.5. The summed E-state index contributed by atoms with van der Waals surface area (Å²) in [6, 6.07) is 7.81. The molecule has 2 aromatic rings. The Kier molecular flexibility index (Phi) is 4.68. The zero-order valence-electron chi connectivity index (χ0n) is 11.9. The smallest absolute Gasteiger partial charge is 0.257 e. The number of halogens is 1. The fraction of sp³-hybridized carbons (Fsp3) is 0.143. The minimum absolute atomic E-state index is 0.179. The number of benzene rings is 1. The Morgan fingerprint density at radius 3 is 2.64 bits per heavy atom. The number of hydrogen-bond acceptors (Lipinski definition) is 4. The largest absolute Gasteiger partial charge is 0.321 e. The Morgan fingerprint density at radius 1 is 1.32 bits per heavy atom. The van der Waals surface area contributed by atoms with Crippen molar-refractivity contribution in [2.24, 2.45) is 0 Å². The number of carbonyl (C=O) groups excluding carboxylic acids is 1. The normalized spacial score (nSPS) is 11.0. The maximum atomic E-state index is 12.3. The molecule has 116 valence electrons. The van der Waals surface area contributed by atoms with Crippen LogP contribution in [0.5, 0.6) is 0 Å². The molecule has 8 heteroatoms. The fourth-order valence-electron chi connectivity index (χ4n) is 1.71. The van der Waals surface area contributed by atoms with E-state index in [9.17, 15) is 13.2 Å². The zero-order chi connectivity index (χ0) is 16.3. The van der Waals surface area contributed by atoms with Gasteiger partial charge in [-0.25, -0.2) is 8.42 Å². The molecular weight excluding hydrogens is 326 g/mol. The van der Waals surface area contributed by atoms with E-state index in [-0.39, 0.29) is 10.6 Å². The highest BCUT2D eigenvalue weighted by molar-refractivity contribution is 7.92. The minimum Gasteiger partial charge on any atom is -0.321 e. The Labute approximate surface area is 133 Å². The molecule has 0 radical (unpaired) electrons. The standard InChI is InChI=1S/C14H14ClN3O3S/c1-18(22(2,20)21)11-5-6-13(15)12(8-11)14(19)17-10-4-3-7-16-9-10/h3-9H,1-2H3,(H,17,19). The molecule has 2 rings (SSSR count). The number of aromatic nitrogens is 1. The van der Waals surface area contributed by atoms with E-state index in [0.717, 1.165) is 10.6 Å². The summed E-state index contributed by atoms with van der Waals surface area (Å²) >= 11 is 6.03. The van der Waals surface area contributed by atoms with E-state index >= 15 is 0 Å². The lowest BCUT2D eigenvalue weighted by molar-refractivity contribution is 0.102. The monoisotopic (exact) mass is 339 g/mol. The average Bonchev–Trinajstić information content (AvgIpc) is 2.47. The number of nitrogens with one attached hydrogen (secondary N) is 1. The fourth-order valence-corrected chi connectivity index (χ4v) is 2.41. The number of anilines is 2. The molecule has 6 nitrogen and oxygen atoms in total. The van der Waals surface area contributed by atoms with Gasteiger partial charge in [-0.2, -0.15) is 0 Å². The first-order valence-electron chi connectivity index (χ1n) is 6.24. The summed E-state index contributed by atoms with van der Waals surface area (Å²) in [5, 5.41) is 2.88. The number of rotatable bonds is 4. The van der Waals surface area contributed by atoms with Crippen molar-refractivity contribution < 1.29 is 13.2 Å². The Morgan fingerprint density at radius 2 is 2.05 bits per heavy atom. The SMILES string of the molecule is CN(c1ccc(Cl)c(C(=O)Nc2cccnc2)c1)S(C)(=O)=O. The van der Waals surface area contributed by atoms with Gasteiger partial charge in [0.1, 0.15) is 0 Å². The van der Waals surface area contributed by atoms with Crippen LogP contribution in [-0.4, -0.2) is 32.6 Å². The molecule has 22 heavy (non-hydrogen) atoms. The maximum Gasteiger partial charge on any atom is 0.257 e. The molecule has 0 saturated carbocycles. The van der Waals surface area contributed by atoms with Gasteiger partial charge in [0.05, 0.1) is 34.4 Å². The lowest BCUT2D eigenvalue weighted by Gasteiger charge is -2.18. The van der Waals surface area contributed by atoms with Crippen LogP contribution in [0.4, 0.5) is 11.4 Å². The lowest BCUT2D eigenvalue weighted by Crippen LogP contribution is -2.25. The van der Waals surface area contributed by atoms with E-state index in [2.05, 4.69) is 10.3 Å². The van der Waals surface area contributed by atoms with Crippen molar-refractivity contribution in [1.82, 2.24) is 4.98 Å². The van der Waals surface area contributed by atoms with Crippen molar-refractivity contribution in [3.05, 3.63) is 53.3 Å². The molecule has 1 aromatic heterocycles. The number of amides is 1. The second-order valence-electron chi connectivity index (χ2n) is 4.59. The molecular formula is C14H14ClN3O3S. The van der Waals surface area contributed by atoms with E-state index in [4.69, 9.17) is 11.6 Å². The van der Waals surface area contributed by atoms with Crippen LogP contribution in [0.15, 0.2) is 42.7 Å². The number of sulfonamides is 1. The van der Waals surface area contributed by atoms with Crippen molar-refractivity contribution in [2.45, 2.75) is 0 Å². The Balaban J connectivity index is 2.33. The van der Waals surface area contributed by atoms with Crippen LogP contribution >= 0.6 is 11.6 Å². The van der Waals surface area contributed by atoms with Gasteiger partial charge in [0.2, 0.25) is 10.0 Å². The molecule has 0 bridgehead atoms. The van der Waals surface area contributed by atoms with Gasteiger partial charge in [-0.15, -0.1) is 0 Å². The first kappa shape index (κ1) is 16.3. The lowest BCUT2D eigenvalue weighted by atomic mass is 10.2. The molecule has 1 amide bonds. The molecule has 1 N–H and O–H groups in total. The topological polar surface area (TPSA) is 79.4 Å². The van der Waals surface area contributed by atoms with Crippen LogP contribution in [0.3, 0.4) is 0 Å². The van der Waals surface area contributed by atoms with E-state index < -0.39 is 15.9 Å². The summed E-state index contributed by atoms with van der Waals surface area (Å²) < 4.78 is 24.2. The summed E-state index contributed by atoms with van der Waals surface area (Å²) in [5.41, 5.74) is 1.05. The van der Waals surface area contributed by atoms with Gasteiger partial charge in [0, 0.05) is 13.2 Å². The molecule has 1 aromatic carbocycles. The molecule has 0 aliphatic heterocycles. The molecule has 0 atom stereocenters. The molecule has 0 unspecified atom stereocenters. The number of nitrogens with zero attached hydrogens (tertiary/aromatic N) is 2. The van der Waals surface area contributed by atoms with Gasteiger partial charge in [-0.3, -0.25) is 14.1 Å². The summed E-state index contributed by atoms with van der Waals surface area (Å²) in [6.07, 6.45) is 4.17. The van der Waals surface area contributed by atoms with Gasteiger partial charge in [0.25, 0.3) is 5.91 Å². The van der Waals surface area contributed by atoms with E-state index in [1.165, 1.54) is 31.4 Å². The third kappa shape index (κ3) is 3.75. The van der Waals surface area contributed by atoms with E-state index in [1.807, 2.05) is 0 Å². The van der Waals surface area contributed by atoms with Gasteiger partial charge in [-0.1, -0.05) is 11.6 Å². The summed E-state index contributed by atoms with van der Waals surface area (Å²) in [7, 11) is -2.02. The third-order valence-corrected chi connectivity index (χ3v) is 4.51. The van der Waals surface area contributed by atoms with Gasteiger partial charge in [-0.05, 0) is 30.3 Å². The Bertz CT molecular complexity index is 794. The predicted octanol–water partition coefficient (Wildman–Crippen LogP) is 2.38. The number of pyridine rings is 1. The van der Waals surface area contributed by atoms with Crippen molar-refractivity contribution in [2.75, 3.05) is 22.9 Å². The quantitative estimate of drug-likeness (QED) is 0.927. The second kappa shape index (κ2) is 6.33. The highest BCUT2D eigenvalue weighted by Gasteiger charge is 2.17. The number of hydrogen-bond donors (Lipinski definition) is 1. The predicted molar refractivity (Wildman–Crippen MR) is 86.9 cm³/mol. The van der Waals surface area contributed by atoms with E-state index in [0.29, 0.717) is 11.4 Å². The zero-order valence-corrected chi connectivity index (χ0v) is 13.5. The maximum absolute atomic E-state index is 12.3. The van der Waals surface area contributed by atoms with Crippen LogP contribution in [0.1, 0.15) is 10.4 Å². The summed E-state index contributed by atoms with van der Waals surface area (Å²) in [6.45, 7) is 0. The van der Waals surface area contributed by atoms with Gasteiger partial charge >= 0.3 is 0 Å². The molecule has 1 heterocycles. The molecule has 0 fully saturated rings. The van der Waals surface area contributed by atoms with Crippen molar-refractivity contribution in [3.63, 3.8) is 0 Å². The third-order valence-electron chi connectivity index (χ3n) is 2.98. The Hall–Kier alpha value is -2.12. The summed E-state index contributed by atoms with van der Waals surface area (Å²) in [5.74, 6) is -0.443. The van der Waals surface area contributed by atoms with Gasteiger partial charge < -0.3 is 5.32 Å². The van der Waals surface area contributed by atoms with Crippen LogP contribution in [0.25, 0.3) is 0 Å². The number of carbonyl (C=O) groups is 1. The molecule has 0 aliphatic carbocycles. The highest BCUT2D eigenvalue weighted by Crippen LogP contribution is 2.24. The van der Waals surface area contributed by atoms with Crippen LogP contribution in [-0.2, 0) is 10.0 Å². The van der Waals surface area contributed by atoms with Crippen LogP contribution in [0.2, 0.25) is 5.02 Å². The molecule has 0 aliphatic rings. The van der Waals surface area contributed by atoms with Crippen molar-refractivity contribution in [1.29, 1.82) is 0 Å². The molecule has 0 saturated heterocycles. The van der Waals surface area contributed by atoms with Gasteiger partial charge in [0.15, 0.2) is 0 Å². The first-order chi connectivity index (χ1) is 10.3. The van der Waals surface area contributed by atoms with Crippen molar-refractivity contribution in [3.8, 4) is 0 Å². The van der Waals surface area contributed by atoms with Crippen LogP contribution in [0, 0.1) is 0 Å². The second-order valence-corrected chi connectivity index (χ2v) is 7.01. The first-order valence-corrected chi connectivity index (χ1v) is 8.46. The summed E-state index contributed by atoms with van der Waals surface area (Å²) in [4.78, 5) is 16.2.